The van der Waals surface area contributed by atoms with E-state index in [2.05, 4.69) is 14.7 Å². The number of nitrogens with zero attached hydrogens (tertiary/aromatic N) is 2. The third kappa shape index (κ3) is 4.01. The molecule has 2 aromatic rings. The number of anilines is 1. The van der Waals surface area contributed by atoms with E-state index in [0.29, 0.717) is 0 Å². The van der Waals surface area contributed by atoms with Crippen molar-refractivity contribution in [2.24, 2.45) is 0 Å². The van der Waals surface area contributed by atoms with Gasteiger partial charge in [0, 0.05) is 11.1 Å². The van der Waals surface area contributed by atoms with Crippen LogP contribution in [-0.2, 0) is 9.84 Å². The van der Waals surface area contributed by atoms with Crippen LogP contribution in [0.25, 0.3) is 0 Å². The van der Waals surface area contributed by atoms with E-state index < -0.39 is 38.8 Å². The van der Waals surface area contributed by atoms with Crippen LogP contribution >= 0.6 is 0 Å². The number of nitrogens with one attached hydrogen (secondary N) is 1. The van der Waals surface area contributed by atoms with E-state index in [1.54, 1.807) is 0 Å². The van der Waals surface area contributed by atoms with Gasteiger partial charge in [0.15, 0.2) is 5.75 Å². The van der Waals surface area contributed by atoms with Crippen LogP contribution in [0.2, 0.25) is 0 Å². The first-order valence-electron chi connectivity index (χ1n) is 6.23. The molecule has 130 valence electrons. The molecule has 2 rings (SSSR count). The molecule has 0 aliphatic rings. The van der Waals surface area contributed by atoms with E-state index in [1.165, 1.54) is 25.1 Å². The van der Waals surface area contributed by atoms with Crippen molar-refractivity contribution in [1.82, 2.24) is 10.1 Å². The molecular weight excluding hydrogens is 355 g/mol. The van der Waals surface area contributed by atoms with Gasteiger partial charge in [-0.05, 0) is 24.2 Å². The van der Waals surface area contributed by atoms with Crippen LogP contribution in [0.15, 0.2) is 27.9 Å². The molecule has 8 nitrogen and oxygen atoms in total. The number of hydrogen-bond acceptors (Lipinski definition) is 7. The molecule has 1 heterocycles. The Labute approximate surface area is 133 Å². The topological polar surface area (TPSA) is 122 Å². The fourth-order valence-electron chi connectivity index (χ4n) is 1.70. The summed E-state index contributed by atoms with van der Waals surface area (Å²) >= 11 is 0. The minimum absolute atomic E-state index is 0.0351. The number of amides is 1. The van der Waals surface area contributed by atoms with Gasteiger partial charge < -0.3 is 9.63 Å². The van der Waals surface area contributed by atoms with Gasteiger partial charge in [-0.3, -0.25) is 10.1 Å². The lowest BCUT2D eigenvalue weighted by atomic mass is 10.1. The predicted molar refractivity (Wildman–Crippen MR) is 73.2 cm³/mol. The molecule has 12 heteroatoms. The number of phenols is 1. The predicted octanol–water partition coefficient (Wildman–Crippen LogP) is 1.67. The average Bonchev–Trinajstić information content (AvgIpc) is 2.88. The summed E-state index contributed by atoms with van der Waals surface area (Å²) in [4.78, 5) is 15.2. The Balaban J connectivity index is 2.20. The third-order valence-corrected chi connectivity index (χ3v) is 4.24. The molecule has 24 heavy (non-hydrogen) atoms. The van der Waals surface area contributed by atoms with Crippen LogP contribution in [0.3, 0.4) is 0 Å². The van der Waals surface area contributed by atoms with Gasteiger partial charge in [0.25, 0.3) is 11.1 Å². The number of benzene rings is 1. The molecule has 1 aromatic carbocycles. The number of halogens is 3. The van der Waals surface area contributed by atoms with Crippen LogP contribution in [0, 0.1) is 6.92 Å². The highest BCUT2D eigenvalue weighted by atomic mass is 32.2. The van der Waals surface area contributed by atoms with Crippen molar-refractivity contribution >= 4 is 21.8 Å². The highest BCUT2D eigenvalue weighted by molar-refractivity contribution is 7.91. The number of aromatic nitrogens is 2. The summed E-state index contributed by atoms with van der Waals surface area (Å²) in [6.45, 7) is 1.46. The molecule has 0 radical (unpaired) electrons. The van der Waals surface area contributed by atoms with Gasteiger partial charge in [0.1, 0.15) is 5.75 Å². The molecular formula is C12H10F3N3O5S. The van der Waals surface area contributed by atoms with Crippen molar-refractivity contribution in [3.63, 3.8) is 0 Å². The first-order valence-corrected chi connectivity index (χ1v) is 7.88. The molecule has 0 saturated heterocycles. The van der Waals surface area contributed by atoms with Crippen LogP contribution in [0.1, 0.15) is 15.9 Å². The van der Waals surface area contributed by atoms with Gasteiger partial charge in [0.05, 0.1) is 0 Å². The molecule has 0 aliphatic carbocycles. The maximum absolute atomic E-state index is 12.2. The van der Waals surface area contributed by atoms with E-state index in [-0.39, 0.29) is 16.9 Å². The molecule has 1 amide bonds. The number of alkyl halides is 3. The van der Waals surface area contributed by atoms with Crippen molar-refractivity contribution in [1.29, 1.82) is 0 Å². The van der Waals surface area contributed by atoms with Crippen molar-refractivity contribution in [3.8, 4) is 5.75 Å². The van der Waals surface area contributed by atoms with E-state index in [1.807, 2.05) is 5.32 Å². The van der Waals surface area contributed by atoms with Gasteiger partial charge in [-0.15, -0.1) is 0 Å². The normalized spacial score (nSPS) is 12.2. The Hall–Kier alpha value is -2.63. The maximum Gasteiger partial charge on any atom is 0.403 e. The lowest BCUT2D eigenvalue weighted by molar-refractivity contribution is -0.106. The highest BCUT2D eigenvalue weighted by Crippen LogP contribution is 2.23. The first-order chi connectivity index (χ1) is 11.0. The Morgan fingerprint density at radius 2 is 2.04 bits per heavy atom. The summed E-state index contributed by atoms with van der Waals surface area (Å²) in [7, 11) is -4.84. The van der Waals surface area contributed by atoms with Gasteiger partial charge in [-0.25, -0.2) is 8.42 Å². The molecule has 0 fully saturated rings. The van der Waals surface area contributed by atoms with Gasteiger partial charge in [-0.2, -0.15) is 18.2 Å². The second-order valence-corrected chi connectivity index (χ2v) is 6.54. The van der Waals surface area contributed by atoms with Gasteiger partial charge in [0.2, 0.25) is 9.84 Å². The lowest BCUT2D eigenvalue weighted by Gasteiger charge is -2.05. The minimum Gasteiger partial charge on any atom is -0.508 e. The molecule has 0 spiro atoms. The van der Waals surface area contributed by atoms with Crippen LogP contribution < -0.4 is 5.32 Å². The zero-order valence-corrected chi connectivity index (χ0v) is 12.8. The first kappa shape index (κ1) is 17.7. The van der Waals surface area contributed by atoms with Crippen molar-refractivity contribution in [2.45, 2.75) is 18.3 Å². The smallest absolute Gasteiger partial charge is 0.403 e. The van der Waals surface area contributed by atoms with E-state index in [4.69, 9.17) is 0 Å². The molecule has 0 bridgehead atoms. The van der Waals surface area contributed by atoms with Crippen LogP contribution in [0.4, 0.5) is 19.2 Å². The number of hydrogen-bond donors (Lipinski definition) is 2. The Kier molecular flexibility index (Phi) is 4.51. The van der Waals surface area contributed by atoms with Crippen molar-refractivity contribution < 1.29 is 36.0 Å². The number of aromatic hydroxyl groups is 1. The molecule has 0 saturated carbocycles. The summed E-state index contributed by atoms with van der Waals surface area (Å²) < 4.78 is 64.0. The number of rotatable bonds is 4. The second-order valence-electron chi connectivity index (χ2n) is 4.66. The Morgan fingerprint density at radius 3 is 2.67 bits per heavy atom. The Bertz CT molecular complexity index is 876. The minimum atomic E-state index is -4.97. The number of carbonyl (C=O) groups excluding carboxylic acids is 1. The lowest BCUT2D eigenvalue weighted by Crippen LogP contribution is -2.23. The van der Waals surface area contributed by atoms with Crippen molar-refractivity contribution in [3.05, 3.63) is 29.3 Å². The maximum atomic E-state index is 12.2. The standard InChI is InChI=1S/C12H10F3N3O5S/c1-6-7(3-2-4-8(6)19)9(20)16-10-17-11(18-23-10)24(21,22)5-12(13,14)15/h2-4,19H,5H2,1H3,(H,16,17,18,20). The molecule has 0 aliphatic heterocycles. The summed E-state index contributed by atoms with van der Waals surface area (Å²) in [6.07, 6.45) is -4.97. The zero-order valence-electron chi connectivity index (χ0n) is 12.0. The second kappa shape index (κ2) is 6.11. The molecule has 2 N–H and O–H groups in total. The monoisotopic (exact) mass is 365 g/mol. The summed E-state index contributed by atoms with van der Waals surface area (Å²) in [5, 5.41) is 13.3. The largest absolute Gasteiger partial charge is 0.508 e. The number of sulfone groups is 1. The quantitative estimate of drug-likeness (QED) is 0.845. The van der Waals surface area contributed by atoms with E-state index in [9.17, 15) is 31.5 Å². The van der Waals surface area contributed by atoms with Gasteiger partial charge >= 0.3 is 12.2 Å². The highest BCUT2D eigenvalue weighted by Gasteiger charge is 2.38. The average molecular weight is 365 g/mol. The molecule has 1 aromatic heterocycles. The van der Waals surface area contributed by atoms with Gasteiger partial charge in [-0.1, -0.05) is 6.07 Å². The Morgan fingerprint density at radius 1 is 1.38 bits per heavy atom. The van der Waals surface area contributed by atoms with Crippen LogP contribution in [-0.4, -0.2) is 41.5 Å². The summed E-state index contributed by atoms with van der Waals surface area (Å²) in [5.74, 6) is -3.12. The zero-order chi connectivity index (χ0) is 18.1. The molecule has 0 atom stereocenters. The van der Waals surface area contributed by atoms with E-state index >= 15 is 0 Å². The number of carbonyl (C=O) groups is 1. The third-order valence-electron chi connectivity index (χ3n) is 2.81. The SMILES string of the molecule is Cc1c(O)cccc1C(=O)Nc1nc(S(=O)(=O)CC(F)(F)F)no1. The number of phenolic OH excluding ortho intramolecular Hbond substituents is 1. The van der Waals surface area contributed by atoms with Crippen LogP contribution in [0.5, 0.6) is 5.75 Å². The molecule has 0 unspecified atom stereocenters. The summed E-state index contributed by atoms with van der Waals surface area (Å²) in [6, 6.07) is 3.41. The summed E-state index contributed by atoms with van der Waals surface area (Å²) in [5.41, 5.74) is 0.271. The van der Waals surface area contributed by atoms with Crippen molar-refractivity contribution in [2.75, 3.05) is 11.1 Å². The fourth-order valence-corrected chi connectivity index (χ4v) is 2.63. The van der Waals surface area contributed by atoms with E-state index in [0.717, 1.165) is 0 Å². The fraction of sp³-hybridized carbons (Fsp3) is 0.250.